The predicted octanol–water partition coefficient (Wildman–Crippen LogP) is 0.542. The lowest BCUT2D eigenvalue weighted by Crippen LogP contribution is -2.64. The van der Waals surface area contributed by atoms with Crippen molar-refractivity contribution in [2.24, 2.45) is 11.8 Å². The number of carbonyl (C=O) groups is 4. The van der Waals surface area contributed by atoms with E-state index in [1.165, 1.54) is 77.2 Å². The predicted molar refractivity (Wildman–Crippen MR) is 354 cm³/mol. The first-order chi connectivity index (χ1) is 50.6. The quantitative estimate of drug-likeness (QED) is 0.0260. The number of hydrogen-bond donors (Lipinski definition) is 12. The minimum Gasteiger partial charge on any atom is -0.479 e. The molecule has 5 aliphatic rings. The van der Waals surface area contributed by atoms with Crippen LogP contribution in [0.15, 0.2) is 128 Å². The molecule has 4 aromatic carbocycles. The van der Waals surface area contributed by atoms with Crippen LogP contribution < -0.4 is 10.6 Å². The summed E-state index contributed by atoms with van der Waals surface area (Å²) in [7, 11) is 0. The molecule has 564 valence electrons. The zero-order valence-corrected chi connectivity index (χ0v) is 56.7. The third-order valence-corrected chi connectivity index (χ3v) is 19.7. The van der Waals surface area contributed by atoms with Crippen LogP contribution in [0.2, 0.25) is 0 Å². The second kappa shape index (κ2) is 33.9. The van der Waals surface area contributed by atoms with Gasteiger partial charge in [0.15, 0.2) is 31.1 Å². The Morgan fingerprint density at radius 2 is 1.06 bits per heavy atom. The fraction of sp³-hybridized carbons (Fsp3) is 0.514. The third kappa shape index (κ3) is 17.1. The van der Waals surface area contributed by atoms with Crippen molar-refractivity contribution < 1.29 is 117 Å². The maximum absolute atomic E-state index is 15.0. The number of aromatic nitrogens is 9. The SMILES string of the molecule is CCC[C@H](OC1C(OC(=O)c2ccccc2)[C@H](O[C@@H]2CC(C(=O)NCCNC(=O)C3CC(n4cc(-c5cccc(F)c5)nn4)C(O)[C@H](O[C@@H]4OC(CO)[C@H](O)C(n5cc(-c6cccc(F)c6)nn5)C4O)C3)CC(n3cc(-c4ccccc4)nn3)C2O[C@@H]2OC(C)[C@@H](O)C(O)C2O)OC(CO)[C@@H]1O)C(=O)O. The number of aliphatic hydroxyl groups is 9. The van der Waals surface area contributed by atoms with Crippen LogP contribution in [0.1, 0.15) is 80.9 Å². The Morgan fingerprint density at radius 3 is 1.65 bits per heavy atom. The molecule has 33 nitrogen and oxygen atoms in total. The summed E-state index contributed by atoms with van der Waals surface area (Å²) in [5, 5.41) is 144. The molecule has 15 unspecified atom stereocenters. The number of rotatable bonds is 26. The number of carbonyl (C=O) groups excluding carboxylic acids is 3. The highest BCUT2D eigenvalue weighted by Crippen LogP contribution is 2.43. The van der Waals surface area contributed by atoms with Crippen molar-refractivity contribution in [2.75, 3.05) is 26.3 Å². The Hall–Kier alpha value is -8.60. The minimum absolute atomic E-state index is 0.0104. The molecular weight excluding hydrogens is 1380 g/mol. The molecule has 7 aromatic rings. The lowest BCUT2D eigenvalue weighted by Gasteiger charge is -2.48. The molecule has 0 spiro atoms. The van der Waals surface area contributed by atoms with Crippen LogP contribution in [-0.4, -0.2) is 263 Å². The van der Waals surface area contributed by atoms with E-state index in [2.05, 4.69) is 41.6 Å². The summed E-state index contributed by atoms with van der Waals surface area (Å²) in [6.45, 7) is 0.957. The molecular formula is C70H83F2N11O22. The molecule has 3 aromatic heterocycles. The van der Waals surface area contributed by atoms with Crippen LogP contribution in [0.4, 0.5) is 8.78 Å². The number of halogens is 2. The highest BCUT2D eigenvalue weighted by molar-refractivity contribution is 5.89. The molecule has 3 saturated heterocycles. The molecule has 0 radical (unpaired) electrons. The molecule has 5 fully saturated rings. The van der Waals surface area contributed by atoms with E-state index in [1.54, 1.807) is 73.8 Å². The Bertz CT molecular complexity index is 4060. The summed E-state index contributed by atoms with van der Waals surface area (Å²) in [6.07, 6.45) is -27.4. The van der Waals surface area contributed by atoms with E-state index in [0.29, 0.717) is 22.4 Å². The molecule has 105 heavy (non-hydrogen) atoms. The Kier molecular flexibility index (Phi) is 24.5. The summed E-state index contributed by atoms with van der Waals surface area (Å²) in [5.41, 5.74) is 2.04. The summed E-state index contributed by atoms with van der Waals surface area (Å²) < 4.78 is 82.8. The molecule has 2 aliphatic carbocycles. The van der Waals surface area contributed by atoms with Crippen molar-refractivity contribution in [1.82, 2.24) is 55.6 Å². The summed E-state index contributed by atoms with van der Waals surface area (Å²) in [6, 6.07) is 23.8. The molecule has 0 bridgehead atoms. The van der Waals surface area contributed by atoms with E-state index in [1.807, 2.05) is 0 Å². The zero-order chi connectivity index (χ0) is 74.3. The van der Waals surface area contributed by atoms with Gasteiger partial charge < -0.3 is 99.6 Å². The first-order valence-electron chi connectivity index (χ1n) is 34.5. The topological polar surface area (TPSA) is 461 Å². The van der Waals surface area contributed by atoms with E-state index < -0.39 is 195 Å². The molecule has 3 aliphatic heterocycles. The van der Waals surface area contributed by atoms with Crippen LogP contribution in [0.5, 0.6) is 0 Å². The Balaban J connectivity index is 0.818. The Morgan fingerprint density at radius 1 is 0.543 bits per heavy atom. The Labute approximate surface area is 598 Å². The zero-order valence-electron chi connectivity index (χ0n) is 56.7. The van der Waals surface area contributed by atoms with Crippen molar-refractivity contribution in [3.8, 4) is 33.8 Å². The van der Waals surface area contributed by atoms with Crippen molar-refractivity contribution in [3.63, 3.8) is 0 Å². The lowest BCUT2D eigenvalue weighted by atomic mass is 9.80. The van der Waals surface area contributed by atoms with Crippen LogP contribution in [-0.2, 0) is 52.3 Å². The van der Waals surface area contributed by atoms with Gasteiger partial charge in [0.1, 0.15) is 102 Å². The number of nitrogens with zero attached hydrogens (tertiary/aromatic N) is 9. The summed E-state index contributed by atoms with van der Waals surface area (Å²) >= 11 is 0. The van der Waals surface area contributed by atoms with Gasteiger partial charge in [-0.1, -0.05) is 102 Å². The first-order valence-corrected chi connectivity index (χ1v) is 34.5. The van der Waals surface area contributed by atoms with Gasteiger partial charge in [0.2, 0.25) is 11.8 Å². The molecule has 2 amide bonds. The molecule has 6 heterocycles. The van der Waals surface area contributed by atoms with E-state index in [-0.39, 0.29) is 68.6 Å². The van der Waals surface area contributed by atoms with Gasteiger partial charge in [-0.2, -0.15) is 0 Å². The van der Waals surface area contributed by atoms with Crippen molar-refractivity contribution in [2.45, 2.75) is 187 Å². The second-order valence-electron chi connectivity index (χ2n) is 26.7. The first kappa shape index (κ1) is 76.1. The van der Waals surface area contributed by atoms with Crippen LogP contribution in [0.3, 0.4) is 0 Å². The van der Waals surface area contributed by atoms with Gasteiger partial charge in [-0.05, 0) is 75.4 Å². The number of esters is 1. The third-order valence-electron chi connectivity index (χ3n) is 19.7. The number of aliphatic hydroxyl groups excluding tert-OH is 9. The number of ether oxygens (including phenoxy) is 8. The average Bonchev–Trinajstić information content (AvgIpc) is 1.61. The smallest absolute Gasteiger partial charge is 0.338 e. The van der Waals surface area contributed by atoms with E-state index in [0.717, 1.165) is 4.68 Å². The standard InChI is InChI=1S/C70H83F2N11O22/c1-3-12-48(66(95)96)99-62-57(89)52(33-85)103-70(63(62)104-67(97)36-15-8-5-9-16-36)101-50-28-40(26-47(82-29-43(75-79-82)35-13-6-4-7-14-35)61(50)105-69-60(92)59(91)54(86)34(2)98-69)65(94)74-22-21-73-64(93)39-25-46(81-30-44(76-78-81)37-17-10-19-41(71)23-37)55(87)49(27-39)100-68-58(90)53(56(88)51(32-84)102-68)83-31-45(77-80-83)38-18-11-20-42(72)24-38/h4-11,13-20,23-24,29-31,34,39-40,46-63,68-70,84-92H,3,12,21-22,25-28,32-33H2,1-2H3,(H,73,93)(H,74,94)(H,95,96)/t34?,39?,40?,46?,47?,48-,49+,50+,51?,52?,53?,54+,55?,56-,57-,58?,59?,60?,61?,62?,63?,68+,69-,70+/m0/s1. The largest absolute Gasteiger partial charge is 0.479 e. The molecule has 24 atom stereocenters. The number of aliphatic carboxylic acids is 1. The number of benzene rings is 4. The fourth-order valence-corrected chi connectivity index (χ4v) is 14.1. The van der Waals surface area contributed by atoms with Crippen molar-refractivity contribution >= 4 is 23.8 Å². The van der Waals surface area contributed by atoms with Gasteiger partial charge in [0, 0.05) is 41.6 Å². The van der Waals surface area contributed by atoms with Gasteiger partial charge in [0.05, 0.1) is 67.8 Å². The maximum Gasteiger partial charge on any atom is 0.338 e. The summed E-state index contributed by atoms with van der Waals surface area (Å²) in [4.78, 5) is 56.6. The van der Waals surface area contributed by atoms with Gasteiger partial charge >= 0.3 is 11.9 Å². The normalized spacial score (nSPS) is 32.4. The van der Waals surface area contributed by atoms with Crippen molar-refractivity contribution in [1.29, 1.82) is 0 Å². The molecule has 12 N–H and O–H groups in total. The van der Waals surface area contributed by atoms with E-state index >= 15 is 4.79 Å². The average molecular weight is 1470 g/mol. The molecule has 2 saturated carbocycles. The van der Waals surface area contributed by atoms with E-state index in [4.69, 9.17) is 37.9 Å². The highest BCUT2D eigenvalue weighted by Gasteiger charge is 2.56. The van der Waals surface area contributed by atoms with E-state index in [9.17, 15) is 74.2 Å². The highest BCUT2D eigenvalue weighted by atomic mass is 19.1. The van der Waals surface area contributed by atoms with Gasteiger partial charge in [-0.3, -0.25) is 9.59 Å². The molecule has 35 heteroatoms. The van der Waals surface area contributed by atoms with Crippen LogP contribution in [0, 0.1) is 23.5 Å². The summed E-state index contributed by atoms with van der Waals surface area (Å²) in [5.74, 6) is -6.98. The minimum atomic E-state index is -1.91. The van der Waals surface area contributed by atoms with Gasteiger partial charge in [-0.25, -0.2) is 32.4 Å². The number of amides is 2. The lowest BCUT2D eigenvalue weighted by molar-refractivity contribution is -0.348. The number of hydrogen-bond acceptors (Lipinski definition) is 27. The monoisotopic (exact) mass is 1470 g/mol. The van der Waals surface area contributed by atoms with Crippen LogP contribution in [0.25, 0.3) is 33.8 Å². The second-order valence-corrected chi connectivity index (χ2v) is 26.7. The maximum atomic E-state index is 15.0. The fourth-order valence-electron chi connectivity index (χ4n) is 14.1. The van der Waals surface area contributed by atoms with Gasteiger partial charge in [-0.15, -0.1) is 15.3 Å². The van der Waals surface area contributed by atoms with Crippen LogP contribution >= 0.6 is 0 Å². The number of carboxylic acid groups (broad SMARTS) is 1. The van der Waals surface area contributed by atoms with Gasteiger partial charge in [0.25, 0.3) is 0 Å². The molecule has 12 rings (SSSR count). The number of nitrogens with one attached hydrogen (secondary N) is 2. The van der Waals surface area contributed by atoms with Crippen molar-refractivity contribution in [3.05, 3.63) is 145 Å². The number of carboxylic acids is 1.